The number of benzene rings is 2. The quantitative estimate of drug-likeness (QED) is 0.560. The molecule has 2 fully saturated rings. The number of nitrogens with zero attached hydrogens (tertiary/aromatic N) is 3. The number of anilines is 2. The highest BCUT2D eigenvalue weighted by atomic mass is 16.6. The number of ether oxygens (including phenoxy) is 2. The summed E-state index contributed by atoms with van der Waals surface area (Å²) in [5, 5.41) is 2.77. The molecule has 2 aliphatic rings. The number of aryl methyl sites for hydroxylation is 1. The van der Waals surface area contributed by atoms with Crippen molar-refractivity contribution >= 4 is 29.3 Å². The smallest absolute Gasteiger partial charge is 0.417 e. The third kappa shape index (κ3) is 6.34. The van der Waals surface area contributed by atoms with Crippen molar-refractivity contribution in [2.75, 3.05) is 56.6 Å². The van der Waals surface area contributed by atoms with Gasteiger partial charge in [-0.25, -0.2) is 4.79 Å². The molecule has 0 bridgehead atoms. The SMILES string of the molecule is COc1cccc(OC(=O)Nc2ccc(C)cc2)c1N1CCN(CCCN2C(=O)CCCC2=O)CC1. The van der Waals surface area contributed by atoms with Crippen LogP contribution >= 0.6 is 0 Å². The first-order valence-corrected chi connectivity index (χ1v) is 12.5. The molecule has 192 valence electrons. The van der Waals surface area contributed by atoms with E-state index in [4.69, 9.17) is 9.47 Å². The van der Waals surface area contributed by atoms with Gasteiger partial charge in [-0.15, -0.1) is 0 Å². The number of carbonyl (C=O) groups excluding carboxylic acids is 3. The Morgan fingerprint density at radius 2 is 1.58 bits per heavy atom. The maximum Gasteiger partial charge on any atom is 0.417 e. The molecule has 9 nitrogen and oxygen atoms in total. The van der Waals surface area contributed by atoms with Crippen LogP contribution in [0.1, 0.15) is 31.2 Å². The van der Waals surface area contributed by atoms with Gasteiger partial charge < -0.3 is 14.4 Å². The van der Waals surface area contributed by atoms with Crippen LogP contribution in [-0.2, 0) is 9.59 Å². The number of piperidine rings is 1. The minimum absolute atomic E-state index is 0.0498. The zero-order valence-electron chi connectivity index (χ0n) is 21.0. The summed E-state index contributed by atoms with van der Waals surface area (Å²) in [5.41, 5.74) is 2.52. The van der Waals surface area contributed by atoms with Gasteiger partial charge in [-0.1, -0.05) is 23.8 Å². The molecule has 0 saturated carbocycles. The Labute approximate surface area is 211 Å². The van der Waals surface area contributed by atoms with Crippen LogP contribution in [0.3, 0.4) is 0 Å². The summed E-state index contributed by atoms with van der Waals surface area (Å²) < 4.78 is 11.3. The lowest BCUT2D eigenvalue weighted by Crippen LogP contribution is -2.48. The predicted octanol–water partition coefficient (Wildman–Crippen LogP) is 3.67. The lowest BCUT2D eigenvalue weighted by Gasteiger charge is -2.37. The first-order valence-electron chi connectivity index (χ1n) is 12.5. The third-order valence-corrected chi connectivity index (χ3v) is 6.61. The molecule has 2 heterocycles. The summed E-state index contributed by atoms with van der Waals surface area (Å²) in [7, 11) is 1.61. The summed E-state index contributed by atoms with van der Waals surface area (Å²) in [5.74, 6) is 0.984. The van der Waals surface area contributed by atoms with Crippen molar-refractivity contribution in [3.8, 4) is 11.5 Å². The molecule has 0 aromatic heterocycles. The van der Waals surface area contributed by atoms with Gasteiger partial charge in [0, 0.05) is 51.3 Å². The first kappa shape index (κ1) is 25.5. The first-order chi connectivity index (χ1) is 17.4. The molecule has 2 saturated heterocycles. The monoisotopic (exact) mass is 494 g/mol. The second kappa shape index (κ2) is 11.9. The molecule has 2 aromatic rings. The van der Waals surface area contributed by atoms with E-state index in [1.807, 2.05) is 37.3 Å². The van der Waals surface area contributed by atoms with Crippen molar-refractivity contribution in [2.45, 2.75) is 32.6 Å². The fourth-order valence-electron chi connectivity index (χ4n) is 4.64. The van der Waals surface area contributed by atoms with Gasteiger partial charge in [0.1, 0.15) is 11.4 Å². The summed E-state index contributed by atoms with van der Waals surface area (Å²) in [6.07, 6.45) is 1.81. The van der Waals surface area contributed by atoms with Crippen molar-refractivity contribution in [2.24, 2.45) is 0 Å². The third-order valence-electron chi connectivity index (χ3n) is 6.61. The van der Waals surface area contributed by atoms with Crippen molar-refractivity contribution in [1.82, 2.24) is 9.80 Å². The van der Waals surface area contributed by atoms with E-state index in [2.05, 4.69) is 15.1 Å². The molecule has 0 atom stereocenters. The molecule has 0 radical (unpaired) electrons. The van der Waals surface area contributed by atoms with E-state index < -0.39 is 6.09 Å². The van der Waals surface area contributed by atoms with Crippen molar-refractivity contribution in [1.29, 1.82) is 0 Å². The Kier molecular flexibility index (Phi) is 8.43. The van der Waals surface area contributed by atoms with Crippen LogP contribution in [-0.4, -0.2) is 74.1 Å². The lowest BCUT2D eigenvalue weighted by atomic mass is 10.1. The van der Waals surface area contributed by atoms with Crippen LogP contribution in [0.4, 0.5) is 16.2 Å². The average molecular weight is 495 g/mol. The number of hydrogen-bond donors (Lipinski definition) is 1. The Hall–Kier alpha value is -3.59. The van der Waals surface area contributed by atoms with Crippen molar-refractivity contribution in [3.05, 3.63) is 48.0 Å². The minimum atomic E-state index is -0.561. The normalized spacial score (nSPS) is 16.7. The Morgan fingerprint density at radius 1 is 0.917 bits per heavy atom. The fraction of sp³-hybridized carbons (Fsp3) is 0.444. The van der Waals surface area contributed by atoms with Gasteiger partial charge in [0.25, 0.3) is 0 Å². The molecule has 0 spiro atoms. The summed E-state index contributed by atoms with van der Waals surface area (Å²) in [6, 6.07) is 12.9. The zero-order chi connectivity index (χ0) is 25.5. The number of hydrogen-bond acceptors (Lipinski definition) is 7. The Balaban J connectivity index is 1.33. The molecule has 36 heavy (non-hydrogen) atoms. The summed E-state index contributed by atoms with van der Waals surface area (Å²) in [6.45, 7) is 6.39. The maximum atomic E-state index is 12.6. The van der Waals surface area contributed by atoms with Gasteiger partial charge in [-0.05, 0) is 50.6 Å². The van der Waals surface area contributed by atoms with E-state index in [1.54, 1.807) is 19.2 Å². The van der Waals surface area contributed by atoms with Crippen molar-refractivity contribution < 1.29 is 23.9 Å². The highest BCUT2D eigenvalue weighted by Gasteiger charge is 2.27. The second-order valence-electron chi connectivity index (χ2n) is 9.16. The topological polar surface area (TPSA) is 91.4 Å². The molecule has 0 unspecified atom stereocenters. The predicted molar refractivity (Wildman–Crippen MR) is 138 cm³/mol. The van der Waals surface area contributed by atoms with Gasteiger partial charge in [0.15, 0.2) is 5.75 Å². The van der Waals surface area contributed by atoms with Crippen LogP contribution in [0.2, 0.25) is 0 Å². The number of methoxy groups -OCH3 is 1. The fourth-order valence-corrected chi connectivity index (χ4v) is 4.64. The van der Waals surface area contributed by atoms with E-state index in [9.17, 15) is 14.4 Å². The van der Waals surface area contributed by atoms with Gasteiger partial charge >= 0.3 is 6.09 Å². The molecule has 0 aliphatic carbocycles. The molecule has 2 aromatic carbocycles. The van der Waals surface area contributed by atoms with Gasteiger partial charge in [0.05, 0.1) is 7.11 Å². The minimum Gasteiger partial charge on any atom is -0.494 e. The van der Waals surface area contributed by atoms with Crippen LogP contribution in [0.5, 0.6) is 11.5 Å². The molecule has 4 rings (SSSR count). The van der Waals surface area contributed by atoms with E-state index in [0.717, 1.165) is 50.4 Å². The maximum absolute atomic E-state index is 12.6. The van der Waals surface area contributed by atoms with Crippen LogP contribution in [0, 0.1) is 6.92 Å². The molecular weight excluding hydrogens is 460 g/mol. The van der Waals surface area contributed by atoms with E-state index in [-0.39, 0.29) is 11.8 Å². The number of nitrogens with one attached hydrogen (secondary N) is 1. The van der Waals surface area contributed by atoms with Crippen molar-refractivity contribution in [3.63, 3.8) is 0 Å². The number of para-hydroxylation sites is 1. The molecular formula is C27H34N4O5. The number of rotatable bonds is 8. The van der Waals surface area contributed by atoms with Gasteiger partial charge in [0.2, 0.25) is 11.8 Å². The number of imide groups is 1. The highest BCUT2D eigenvalue weighted by Crippen LogP contribution is 2.38. The highest BCUT2D eigenvalue weighted by molar-refractivity contribution is 5.97. The number of likely N-dealkylation sites (tertiary alicyclic amines) is 1. The largest absolute Gasteiger partial charge is 0.494 e. The van der Waals surface area contributed by atoms with Crippen LogP contribution in [0.25, 0.3) is 0 Å². The number of carbonyl (C=O) groups is 3. The molecule has 1 N–H and O–H groups in total. The molecule has 9 heteroatoms. The standard InChI is InChI=1S/C27H34N4O5/c1-20-10-12-21(13-11-20)28-27(34)36-23-7-3-6-22(35-2)26(23)30-18-16-29(17-19-30)14-5-15-31-24(32)8-4-9-25(31)33/h3,6-7,10-13H,4-5,8-9,14-19H2,1-2H3,(H,28,34). The van der Waals surface area contributed by atoms with Crippen LogP contribution < -0.4 is 19.7 Å². The zero-order valence-corrected chi connectivity index (χ0v) is 21.0. The Morgan fingerprint density at radius 3 is 2.25 bits per heavy atom. The average Bonchev–Trinajstić information content (AvgIpc) is 2.87. The summed E-state index contributed by atoms with van der Waals surface area (Å²) in [4.78, 5) is 42.5. The second-order valence-corrected chi connectivity index (χ2v) is 9.16. The molecule has 2 aliphatic heterocycles. The van der Waals surface area contributed by atoms with E-state index in [1.165, 1.54) is 4.90 Å². The number of amides is 3. The molecule has 3 amide bonds. The number of piperazine rings is 1. The Bertz CT molecular complexity index is 1060. The van der Waals surface area contributed by atoms with Gasteiger partial charge in [-0.3, -0.25) is 24.7 Å². The van der Waals surface area contributed by atoms with Crippen LogP contribution in [0.15, 0.2) is 42.5 Å². The van der Waals surface area contributed by atoms with E-state index in [0.29, 0.717) is 43.0 Å². The van der Waals surface area contributed by atoms with Gasteiger partial charge in [-0.2, -0.15) is 0 Å². The lowest BCUT2D eigenvalue weighted by molar-refractivity contribution is -0.148. The summed E-state index contributed by atoms with van der Waals surface area (Å²) >= 11 is 0. The van der Waals surface area contributed by atoms with E-state index >= 15 is 0 Å².